The topological polar surface area (TPSA) is 148 Å². The van der Waals surface area contributed by atoms with Crippen molar-refractivity contribution >= 4 is 15.5 Å². The van der Waals surface area contributed by atoms with Crippen LogP contribution in [0.5, 0.6) is 5.75 Å². The summed E-state index contributed by atoms with van der Waals surface area (Å²) < 4.78 is 42.6. The molecule has 1 fully saturated rings. The van der Waals surface area contributed by atoms with E-state index in [-0.39, 0.29) is 28.8 Å². The highest BCUT2D eigenvalue weighted by atomic mass is 32.2. The predicted octanol–water partition coefficient (Wildman–Crippen LogP) is 4.26. The minimum atomic E-state index is -4.16. The number of hydrogen-bond acceptors (Lipinski definition) is 8. The maximum atomic E-state index is 13.7. The highest BCUT2D eigenvalue weighted by Crippen LogP contribution is 2.33. The van der Waals surface area contributed by atoms with Crippen LogP contribution in [-0.4, -0.2) is 59.5 Å². The van der Waals surface area contributed by atoms with E-state index in [4.69, 9.17) is 19.6 Å². The molecule has 1 aliphatic rings. The number of aromatic amines is 1. The van der Waals surface area contributed by atoms with Crippen LogP contribution in [0.25, 0.3) is 16.9 Å². The predicted molar refractivity (Wildman–Crippen MR) is 163 cm³/mol. The first kappa shape index (κ1) is 30.9. The van der Waals surface area contributed by atoms with Crippen LogP contribution in [0, 0.1) is 6.92 Å². The van der Waals surface area contributed by atoms with Crippen molar-refractivity contribution in [3.05, 3.63) is 76.0 Å². The highest BCUT2D eigenvalue weighted by molar-refractivity contribution is 7.89. The van der Waals surface area contributed by atoms with E-state index >= 15 is 0 Å². The minimum Gasteiger partial charge on any atom is -0.493 e. The van der Waals surface area contributed by atoms with E-state index in [2.05, 4.69) is 9.71 Å². The number of aromatic nitrogens is 4. The summed E-state index contributed by atoms with van der Waals surface area (Å²) in [6, 6.07) is 12.2. The van der Waals surface area contributed by atoms with E-state index in [0.717, 1.165) is 31.5 Å². The number of hydrogen-bond donors (Lipinski definition) is 3. The van der Waals surface area contributed by atoms with Crippen LogP contribution in [0.3, 0.4) is 0 Å². The third kappa shape index (κ3) is 6.67. The van der Waals surface area contributed by atoms with E-state index in [9.17, 15) is 18.3 Å². The summed E-state index contributed by atoms with van der Waals surface area (Å²) in [6.07, 6.45) is 5.35. The summed E-state index contributed by atoms with van der Waals surface area (Å²) in [5.74, 6) is 1.47. The molecule has 2 heterocycles. The van der Waals surface area contributed by atoms with Gasteiger partial charge in [-0.05, 0) is 50.5 Å². The Morgan fingerprint density at radius 1 is 1.12 bits per heavy atom. The number of nitrogens with zero attached hydrogens (tertiary/aromatic N) is 3. The Morgan fingerprint density at radius 3 is 2.51 bits per heavy atom. The van der Waals surface area contributed by atoms with Crippen molar-refractivity contribution in [2.75, 3.05) is 20.3 Å². The first-order chi connectivity index (χ1) is 20.7. The molecule has 11 nitrogen and oxygen atoms in total. The first-order valence-corrected chi connectivity index (χ1v) is 16.2. The lowest BCUT2D eigenvalue weighted by atomic mass is 10.00. The maximum absolute atomic E-state index is 13.7. The van der Waals surface area contributed by atoms with E-state index in [1.165, 1.54) is 32.1 Å². The van der Waals surface area contributed by atoms with Crippen LogP contribution in [0.15, 0.2) is 58.2 Å². The number of fused-ring (bicyclic) bond motifs is 1. The molecule has 12 heteroatoms. The number of sulfonamides is 1. The number of methoxy groups -OCH3 is 1. The quantitative estimate of drug-likeness (QED) is 0.214. The molecule has 1 aliphatic carbocycles. The summed E-state index contributed by atoms with van der Waals surface area (Å²) >= 11 is 0. The Kier molecular flexibility index (Phi) is 9.60. The molecule has 0 radical (unpaired) electrons. The fourth-order valence-electron chi connectivity index (χ4n) is 5.78. The van der Waals surface area contributed by atoms with E-state index in [0.29, 0.717) is 34.7 Å². The lowest BCUT2D eigenvalue weighted by Gasteiger charge is -2.24. The molecule has 2 aromatic carbocycles. The smallest absolute Gasteiger partial charge is 0.277 e. The second kappa shape index (κ2) is 13.4. The first-order valence-electron chi connectivity index (χ1n) is 14.7. The van der Waals surface area contributed by atoms with Crippen molar-refractivity contribution in [1.29, 1.82) is 0 Å². The van der Waals surface area contributed by atoms with Gasteiger partial charge in [0.05, 0.1) is 41.5 Å². The van der Waals surface area contributed by atoms with Gasteiger partial charge in [0.15, 0.2) is 11.3 Å². The summed E-state index contributed by atoms with van der Waals surface area (Å²) in [4.78, 5) is 20.9. The van der Waals surface area contributed by atoms with Gasteiger partial charge in [0, 0.05) is 13.0 Å². The van der Waals surface area contributed by atoms with Crippen LogP contribution < -0.4 is 15.0 Å². The zero-order valence-electron chi connectivity index (χ0n) is 24.7. The van der Waals surface area contributed by atoms with Gasteiger partial charge in [0.25, 0.3) is 5.56 Å². The fraction of sp³-hybridized carbons (Fsp3) is 0.452. The Morgan fingerprint density at radius 2 is 1.84 bits per heavy atom. The second-order valence-electron chi connectivity index (χ2n) is 10.9. The standard InChI is InChI=1S/C31H39N5O6S/c1-4-42-26-17-16-23(43(39,40)35-25(19-41-3)28(37)21-12-10-7-11-13-21)18-24(26)29-33-31(38)27-20(2)32-30(36(27)34-29)22-14-8-5-6-9-15-22/h7,10-13,16-18,22,25,28,35,37H,4-6,8-9,14-15,19H2,1-3H3,(H,33,34,38)/t25?,28-/m0/s1. The fourth-order valence-corrected chi connectivity index (χ4v) is 7.03. The number of rotatable bonds is 11. The van der Waals surface area contributed by atoms with Gasteiger partial charge in [-0.25, -0.2) is 22.6 Å². The Bertz CT molecular complexity index is 1710. The molecular weight excluding hydrogens is 570 g/mol. The molecule has 0 amide bonds. The van der Waals surface area contributed by atoms with Gasteiger partial charge in [-0.15, -0.1) is 5.10 Å². The van der Waals surface area contributed by atoms with E-state index < -0.39 is 22.2 Å². The lowest BCUT2D eigenvalue weighted by molar-refractivity contribution is 0.0800. The molecule has 2 aromatic heterocycles. The highest BCUT2D eigenvalue weighted by Gasteiger charge is 2.29. The number of ether oxygens (including phenoxy) is 2. The average Bonchev–Trinajstić information content (AvgIpc) is 3.15. The number of aliphatic hydroxyl groups is 1. The molecule has 1 unspecified atom stereocenters. The number of imidazole rings is 1. The molecule has 5 rings (SSSR count). The summed E-state index contributed by atoms with van der Waals surface area (Å²) in [5.41, 5.74) is 1.48. The monoisotopic (exact) mass is 609 g/mol. The van der Waals surface area contributed by atoms with Crippen LogP contribution >= 0.6 is 0 Å². The summed E-state index contributed by atoms with van der Waals surface area (Å²) in [6.45, 7) is 3.88. The zero-order valence-corrected chi connectivity index (χ0v) is 25.6. The lowest BCUT2D eigenvalue weighted by Crippen LogP contribution is -2.42. The van der Waals surface area contributed by atoms with Crippen molar-refractivity contribution in [3.63, 3.8) is 0 Å². The van der Waals surface area contributed by atoms with Crippen molar-refractivity contribution in [3.8, 4) is 17.1 Å². The summed E-state index contributed by atoms with van der Waals surface area (Å²) in [7, 11) is -2.72. The minimum absolute atomic E-state index is 0.0609. The number of H-pyrrole nitrogens is 1. The van der Waals surface area contributed by atoms with Crippen molar-refractivity contribution in [2.45, 2.75) is 75.3 Å². The molecule has 4 aromatic rings. The van der Waals surface area contributed by atoms with Gasteiger partial charge in [0.1, 0.15) is 11.6 Å². The molecule has 0 bridgehead atoms. The molecule has 0 aliphatic heterocycles. The summed E-state index contributed by atoms with van der Waals surface area (Å²) in [5, 5.41) is 15.8. The molecule has 0 spiro atoms. The van der Waals surface area contributed by atoms with Gasteiger partial charge < -0.3 is 19.6 Å². The molecule has 230 valence electrons. The van der Waals surface area contributed by atoms with Gasteiger partial charge in [-0.3, -0.25) is 4.79 Å². The molecule has 1 saturated carbocycles. The third-order valence-electron chi connectivity index (χ3n) is 7.91. The van der Waals surface area contributed by atoms with Crippen molar-refractivity contribution in [1.82, 2.24) is 24.3 Å². The van der Waals surface area contributed by atoms with Crippen LogP contribution in [0.2, 0.25) is 0 Å². The van der Waals surface area contributed by atoms with E-state index in [1.807, 2.05) is 13.0 Å². The molecule has 0 saturated heterocycles. The normalized spacial score (nSPS) is 16.2. The Hall–Kier alpha value is -3.58. The SMILES string of the molecule is CCOc1ccc(S(=O)(=O)NC(COC)[C@@H](O)c2ccccc2)cc1-c1nn2c(C3CCCCCC3)nc(C)c2c(=O)[nH]1. The molecule has 3 N–H and O–H groups in total. The van der Waals surface area contributed by atoms with Gasteiger partial charge in [0.2, 0.25) is 10.0 Å². The molecule has 43 heavy (non-hydrogen) atoms. The van der Waals surface area contributed by atoms with Crippen LogP contribution in [0.1, 0.15) is 74.6 Å². The number of benzene rings is 2. The van der Waals surface area contributed by atoms with Crippen molar-refractivity contribution < 1.29 is 23.0 Å². The largest absolute Gasteiger partial charge is 0.493 e. The maximum Gasteiger partial charge on any atom is 0.277 e. The Balaban J connectivity index is 1.56. The second-order valence-corrected chi connectivity index (χ2v) is 12.7. The number of aryl methyl sites for hydroxylation is 1. The van der Waals surface area contributed by atoms with E-state index in [1.54, 1.807) is 41.8 Å². The average molecular weight is 610 g/mol. The zero-order chi connectivity index (χ0) is 30.6. The van der Waals surface area contributed by atoms with Crippen LogP contribution in [-0.2, 0) is 14.8 Å². The van der Waals surface area contributed by atoms with Crippen LogP contribution in [0.4, 0.5) is 0 Å². The molecular formula is C31H39N5O6S. The Labute approximate surface area is 251 Å². The molecule has 2 atom stereocenters. The van der Waals surface area contributed by atoms with Gasteiger partial charge >= 0.3 is 0 Å². The van der Waals surface area contributed by atoms with Gasteiger partial charge in [-0.2, -0.15) is 0 Å². The van der Waals surface area contributed by atoms with Gasteiger partial charge in [-0.1, -0.05) is 56.0 Å². The van der Waals surface area contributed by atoms with Crippen molar-refractivity contribution in [2.24, 2.45) is 0 Å². The number of aliphatic hydroxyl groups excluding tert-OH is 1. The third-order valence-corrected chi connectivity index (χ3v) is 9.40. The number of nitrogens with one attached hydrogen (secondary N) is 2.